The Labute approximate surface area is 114 Å². The molecule has 1 aromatic rings. The summed E-state index contributed by atoms with van der Waals surface area (Å²) in [4.78, 5) is 28.9. The standard InChI is InChI=1S/C15H22N2O2/c1-5-7-13(19)17-10-8-15(3,4)9-11(18)14(10)16-12(17)6-2/h5-9H2,1-4H3. The molecule has 0 spiro atoms. The maximum atomic E-state index is 12.3. The van der Waals surface area contributed by atoms with E-state index in [-0.39, 0.29) is 17.1 Å². The van der Waals surface area contributed by atoms with Crippen LogP contribution in [-0.4, -0.2) is 21.2 Å². The van der Waals surface area contributed by atoms with Gasteiger partial charge >= 0.3 is 0 Å². The molecular formula is C15H22N2O2. The number of rotatable bonds is 3. The summed E-state index contributed by atoms with van der Waals surface area (Å²) in [5.41, 5.74) is 1.27. The van der Waals surface area contributed by atoms with Crippen LogP contribution in [0.15, 0.2) is 0 Å². The molecular weight excluding hydrogens is 240 g/mol. The zero-order chi connectivity index (χ0) is 14.2. The number of imidazole rings is 1. The molecule has 1 aromatic heterocycles. The Morgan fingerprint density at radius 3 is 2.58 bits per heavy atom. The van der Waals surface area contributed by atoms with Crippen molar-refractivity contribution in [3.63, 3.8) is 0 Å². The van der Waals surface area contributed by atoms with E-state index in [0.29, 0.717) is 25.0 Å². The smallest absolute Gasteiger partial charge is 0.232 e. The average molecular weight is 262 g/mol. The molecule has 0 amide bonds. The summed E-state index contributed by atoms with van der Waals surface area (Å²) >= 11 is 0. The highest BCUT2D eigenvalue weighted by atomic mass is 16.2. The summed E-state index contributed by atoms with van der Waals surface area (Å²) in [6.45, 7) is 8.10. The molecule has 4 nitrogen and oxygen atoms in total. The maximum Gasteiger partial charge on any atom is 0.232 e. The lowest BCUT2D eigenvalue weighted by molar-refractivity contribution is 0.0882. The van der Waals surface area contributed by atoms with Crippen molar-refractivity contribution >= 4 is 11.7 Å². The van der Waals surface area contributed by atoms with E-state index in [9.17, 15) is 9.59 Å². The van der Waals surface area contributed by atoms with Gasteiger partial charge in [-0.2, -0.15) is 0 Å². The van der Waals surface area contributed by atoms with Crippen LogP contribution in [0.3, 0.4) is 0 Å². The van der Waals surface area contributed by atoms with Crippen molar-refractivity contribution in [2.75, 3.05) is 0 Å². The first-order valence-corrected chi connectivity index (χ1v) is 7.06. The Morgan fingerprint density at radius 1 is 1.32 bits per heavy atom. The van der Waals surface area contributed by atoms with Crippen molar-refractivity contribution in [3.8, 4) is 0 Å². The van der Waals surface area contributed by atoms with Crippen LogP contribution in [0.2, 0.25) is 0 Å². The van der Waals surface area contributed by atoms with Crippen LogP contribution in [0.4, 0.5) is 0 Å². The van der Waals surface area contributed by atoms with E-state index in [1.165, 1.54) is 0 Å². The zero-order valence-electron chi connectivity index (χ0n) is 12.2. The number of aromatic nitrogens is 2. The predicted molar refractivity (Wildman–Crippen MR) is 73.6 cm³/mol. The molecule has 0 saturated heterocycles. The number of fused-ring (bicyclic) bond motifs is 1. The Balaban J connectivity index is 2.54. The SMILES string of the molecule is CCCC(=O)n1c(CC)nc2c1CC(C)(C)CC2=O. The molecule has 104 valence electrons. The van der Waals surface area contributed by atoms with Gasteiger partial charge in [-0.25, -0.2) is 4.98 Å². The average Bonchev–Trinajstić information content (AvgIpc) is 2.66. The quantitative estimate of drug-likeness (QED) is 0.841. The number of hydrogen-bond acceptors (Lipinski definition) is 3. The minimum absolute atomic E-state index is 0.0681. The molecule has 1 aliphatic rings. The van der Waals surface area contributed by atoms with Crippen LogP contribution in [-0.2, 0) is 12.8 Å². The molecule has 0 bridgehead atoms. The van der Waals surface area contributed by atoms with Gasteiger partial charge < -0.3 is 0 Å². The van der Waals surface area contributed by atoms with Gasteiger partial charge in [-0.3, -0.25) is 14.2 Å². The van der Waals surface area contributed by atoms with Gasteiger partial charge in [-0.1, -0.05) is 27.7 Å². The van der Waals surface area contributed by atoms with Gasteiger partial charge in [0.2, 0.25) is 5.91 Å². The van der Waals surface area contributed by atoms with Crippen molar-refractivity contribution in [1.29, 1.82) is 0 Å². The fraction of sp³-hybridized carbons (Fsp3) is 0.667. The van der Waals surface area contributed by atoms with Gasteiger partial charge in [0.25, 0.3) is 0 Å². The van der Waals surface area contributed by atoms with E-state index in [0.717, 1.165) is 24.4 Å². The van der Waals surface area contributed by atoms with E-state index >= 15 is 0 Å². The topological polar surface area (TPSA) is 52.0 Å². The molecule has 0 atom stereocenters. The Hall–Kier alpha value is -1.45. The molecule has 0 aliphatic heterocycles. The number of carbonyl (C=O) groups excluding carboxylic acids is 2. The fourth-order valence-corrected chi connectivity index (χ4v) is 2.78. The van der Waals surface area contributed by atoms with Gasteiger partial charge in [0.05, 0.1) is 5.69 Å². The van der Waals surface area contributed by atoms with Crippen molar-refractivity contribution in [3.05, 3.63) is 17.2 Å². The van der Waals surface area contributed by atoms with E-state index < -0.39 is 0 Å². The van der Waals surface area contributed by atoms with Gasteiger partial charge in [0.1, 0.15) is 11.5 Å². The molecule has 1 aliphatic carbocycles. The molecule has 0 radical (unpaired) electrons. The molecule has 0 fully saturated rings. The van der Waals surface area contributed by atoms with E-state index in [2.05, 4.69) is 18.8 Å². The second kappa shape index (κ2) is 4.91. The minimum atomic E-state index is -0.0840. The van der Waals surface area contributed by atoms with Gasteiger partial charge in [-0.15, -0.1) is 0 Å². The Bertz CT molecular complexity index is 526. The lowest BCUT2D eigenvalue weighted by Gasteiger charge is -2.28. The number of carbonyl (C=O) groups is 2. The van der Waals surface area contributed by atoms with Crippen LogP contribution < -0.4 is 0 Å². The number of Topliss-reactive ketones (excluding diaryl/α,β-unsaturated/α-hetero) is 1. The normalized spacial score (nSPS) is 17.4. The number of ketones is 1. The highest BCUT2D eigenvalue weighted by Gasteiger charge is 2.36. The molecule has 4 heteroatoms. The highest BCUT2D eigenvalue weighted by molar-refractivity contribution is 5.98. The summed E-state index contributed by atoms with van der Waals surface area (Å²) in [6.07, 6.45) is 3.26. The summed E-state index contributed by atoms with van der Waals surface area (Å²) in [5, 5.41) is 0. The summed E-state index contributed by atoms with van der Waals surface area (Å²) in [5.74, 6) is 0.872. The van der Waals surface area contributed by atoms with E-state index in [1.54, 1.807) is 4.57 Å². The third-order valence-electron chi connectivity index (χ3n) is 3.62. The molecule has 1 heterocycles. The summed E-state index contributed by atoms with van der Waals surface area (Å²) in [6, 6.07) is 0. The minimum Gasteiger partial charge on any atom is -0.292 e. The molecule has 0 aromatic carbocycles. The first-order chi connectivity index (χ1) is 8.89. The Kier molecular flexibility index (Phi) is 3.61. The second-order valence-corrected chi connectivity index (χ2v) is 6.10. The summed E-state index contributed by atoms with van der Waals surface area (Å²) < 4.78 is 1.71. The molecule has 0 unspecified atom stereocenters. The van der Waals surface area contributed by atoms with Crippen LogP contribution in [0.5, 0.6) is 0 Å². The lowest BCUT2D eigenvalue weighted by atomic mass is 9.77. The summed E-state index contributed by atoms with van der Waals surface area (Å²) in [7, 11) is 0. The van der Waals surface area contributed by atoms with Crippen LogP contribution in [0, 0.1) is 5.41 Å². The number of hydrogen-bond donors (Lipinski definition) is 0. The van der Waals surface area contributed by atoms with Gasteiger partial charge in [-0.05, 0) is 18.3 Å². The van der Waals surface area contributed by atoms with Crippen LogP contribution in [0.1, 0.15) is 73.8 Å². The molecule has 0 saturated carbocycles. The third-order valence-corrected chi connectivity index (χ3v) is 3.62. The predicted octanol–water partition coefficient (Wildman–Crippen LogP) is 3.04. The monoisotopic (exact) mass is 262 g/mol. The Morgan fingerprint density at radius 2 is 2.00 bits per heavy atom. The number of nitrogens with zero attached hydrogens (tertiary/aromatic N) is 2. The fourth-order valence-electron chi connectivity index (χ4n) is 2.78. The first kappa shape index (κ1) is 14.0. The molecule has 2 rings (SSSR count). The van der Waals surface area contributed by atoms with Crippen molar-refractivity contribution in [2.24, 2.45) is 5.41 Å². The zero-order valence-corrected chi connectivity index (χ0v) is 12.2. The van der Waals surface area contributed by atoms with Crippen LogP contribution >= 0.6 is 0 Å². The largest absolute Gasteiger partial charge is 0.292 e. The number of aryl methyl sites for hydroxylation is 1. The van der Waals surface area contributed by atoms with Crippen molar-refractivity contribution in [1.82, 2.24) is 9.55 Å². The third kappa shape index (κ3) is 2.48. The van der Waals surface area contributed by atoms with Crippen molar-refractivity contribution in [2.45, 2.75) is 59.8 Å². The van der Waals surface area contributed by atoms with Gasteiger partial charge in [0, 0.05) is 19.3 Å². The molecule has 0 N–H and O–H groups in total. The second-order valence-electron chi connectivity index (χ2n) is 6.10. The van der Waals surface area contributed by atoms with E-state index in [1.807, 2.05) is 13.8 Å². The molecule has 19 heavy (non-hydrogen) atoms. The van der Waals surface area contributed by atoms with Crippen LogP contribution in [0.25, 0.3) is 0 Å². The highest BCUT2D eigenvalue weighted by Crippen LogP contribution is 2.35. The van der Waals surface area contributed by atoms with E-state index in [4.69, 9.17) is 0 Å². The van der Waals surface area contributed by atoms with Crippen molar-refractivity contribution < 1.29 is 9.59 Å². The maximum absolute atomic E-state index is 12.3. The first-order valence-electron chi connectivity index (χ1n) is 7.06. The lowest BCUT2D eigenvalue weighted by Crippen LogP contribution is -2.29. The van der Waals surface area contributed by atoms with Gasteiger partial charge in [0.15, 0.2) is 5.78 Å².